The van der Waals surface area contributed by atoms with Crippen molar-refractivity contribution in [2.45, 2.75) is 52.0 Å². The van der Waals surface area contributed by atoms with Gasteiger partial charge in [0.05, 0.1) is 5.92 Å². The van der Waals surface area contributed by atoms with E-state index < -0.39 is 11.9 Å². The minimum absolute atomic E-state index is 0.0442. The molecule has 3 aliphatic rings. The van der Waals surface area contributed by atoms with Gasteiger partial charge in [-0.05, 0) is 43.9 Å². The molecule has 31 heavy (non-hydrogen) atoms. The lowest BCUT2D eigenvalue weighted by Gasteiger charge is -2.37. The summed E-state index contributed by atoms with van der Waals surface area (Å²) in [6, 6.07) is 6.58. The number of aryl methyl sites for hydroxylation is 1. The van der Waals surface area contributed by atoms with E-state index in [1.165, 1.54) is 16.8 Å². The van der Waals surface area contributed by atoms with E-state index in [-0.39, 0.29) is 30.9 Å². The third-order valence-electron chi connectivity index (χ3n) is 7.14. The van der Waals surface area contributed by atoms with Crippen LogP contribution in [0.4, 0.5) is 5.69 Å². The highest BCUT2D eigenvalue weighted by Crippen LogP contribution is 2.30. The molecule has 2 amide bonds. The summed E-state index contributed by atoms with van der Waals surface area (Å²) < 4.78 is 5.32. The van der Waals surface area contributed by atoms with Crippen molar-refractivity contribution in [1.29, 1.82) is 0 Å². The van der Waals surface area contributed by atoms with Crippen molar-refractivity contribution in [3.63, 3.8) is 0 Å². The fraction of sp³-hybridized carbons (Fsp3) is 0.625. The maximum Gasteiger partial charge on any atom is 0.311 e. The first-order chi connectivity index (χ1) is 14.9. The maximum absolute atomic E-state index is 12.6. The molecule has 0 N–H and O–H groups in total. The van der Waals surface area contributed by atoms with Crippen LogP contribution in [0.5, 0.6) is 0 Å². The van der Waals surface area contributed by atoms with Gasteiger partial charge in [-0.15, -0.1) is 0 Å². The van der Waals surface area contributed by atoms with Gasteiger partial charge in [0.2, 0.25) is 5.91 Å². The number of rotatable bonds is 5. The molecule has 2 aliphatic heterocycles. The Hall–Kier alpha value is -2.57. The fourth-order valence-electron chi connectivity index (χ4n) is 5.08. The predicted molar refractivity (Wildman–Crippen MR) is 118 cm³/mol. The molecule has 0 bridgehead atoms. The molecule has 2 heterocycles. The fourth-order valence-corrected chi connectivity index (χ4v) is 5.08. The van der Waals surface area contributed by atoms with Gasteiger partial charge in [0.25, 0.3) is 5.91 Å². The number of nitrogens with zero attached hydrogens (tertiary/aromatic N) is 3. The Labute approximate surface area is 184 Å². The minimum Gasteiger partial charge on any atom is -0.455 e. The van der Waals surface area contributed by atoms with Gasteiger partial charge >= 0.3 is 5.97 Å². The third kappa shape index (κ3) is 4.70. The maximum atomic E-state index is 12.6. The molecule has 1 saturated carbocycles. The van der Waals surface area contributed by atoms with Gasteiger partial charge in [-0.3, -0.25) is 14.4 Å². The summed E-state index contributed by atoms with van der Waals surface area (Å²) >= 11 is 0. The topological polar surface area (TPSA) is 70.2 Å². The van der Waals surface area contributed by atoms with E-state index in [0.717, 1.165) is 38.8 Å². The molecule has 168 valence electrons. The summed E-state index contributed by atoms with van der Waals surface area (Å²) in [5, 5.41) is 0. The second-order valence-electron chi connectivity index (χ2n) is 9.08. The van der Waals surface area contributed by atoms with Gasteiger partial charge in [0, 0.05) is 50.9 Å². The number of amides is 2. The number of hydrogen-bond acceptors (Lipinski definition) is 5. The molecule has 1 aromatic rings. The molecule has 2 saturated heterocycles. The van der Waals surface area contributed by atoms with Gasteiger partial charge in [-0.1, -0.05) is 25.0 Å². The lowest BCUT2D eigenvalue weighted by molar-refractivity contribution is -0.155. The molecule has 1 atom stereocenters. The number of carbonyl (C=O) groups excluding carboxylic acids is 3. The van der Waals surface area contributed by atoms with Crippen LogP contribution in [0.2, 0.25) is 0 Å². The minimum atomic E-state index is -0.443. The summed E-state index contributed by atoms with van der Waals surface area (Å²) in [4.78, 5) is 43.3. The molecular weight excluding hydrogens is 394 g/mol. The van der Waals surface area contributed by atoms with Crippen LogP contribution in [-0.2, 0) is 19.1 Å². The van der Waals surface area contributed by atoms with Gasteiger partial charge in [0.15, 0.2) is 6.61 Å². The zero-order valence-electron chi connectivity index (χ0n) is 18.6. The second-order valence-corrected chi connectivity index (χ2v) is 9.08. The Morgan fingerprint density at radius 2 is 1.77 bits per heavy atom. The number of benzene rings is 1. The van der Waals surface area contributed by atoms with Crippen molar-refractivity contribution in [3.05, 3.63) is 29.3 Å². The van der Waals surface area contributed by atoms with Crippen molar-refractivity contribution in [1.82, 2.24) is 9.80 Å². The average Bonchev–Trinajstić information content (AvgIpc) is 3.43. The molecule has 0 radical (unpaired) electrons. The van der Waals surface area contributed by atoms with Crippen LogP contribution in [0, 0.1) is 19.8 Å². The van der Waals surface area contributed by atoms with Crippen molar-refractivity contribution >= 4 is 23.5 Å². The van der Waals surface area contributed by atoms with E-state index in [4.69, 9.17) is 4.74 Å². The molecule has 1 aromatic carbocycles. The van der Waals surface area contributed by atoms with Crippen LogP contribution < -0.4 is 4.90 Å². The van der Waals surface area contributed by atoms with Crippen molar-refractivity contribution in [2.24, 2.45) is 5.92 Å². The zero-order chi connectivity index (χ0) is 22.0. The molecule has 0 aromatic heterocycles. The number of carbonyl (C=O) groups is 3. The number of hydrogen-bond donors (Lipinski definition) is 0. The first-order valence-corrected chi connectivity index (χ1v) is 11.5. The molecule has 4 rings (SSSR count). The van der Waals surface area contributed by atoms with E-state index >= 15 is 0 Å². The number of esters is 1. The van der Waals surface area contributed by atoms with Crippen LogP contribution in [0.1, 0.15) is 43.2 Å². The van der Waals surface area contributed by atoms with Crippen molar-refractivity contribution in [3.8, 4) is 0 Å². The summed E-state index contributed by atoms with van der Waals surface area (Å²) in [5.74, 6) is -0.980. The smallest absolute Gasteiger partial charge is 0.311 e. The Morgan fingerprint density at radius 3 is 2.48 bits per heavy atom. The highest BCUT2D eigenvalue weighted by molar-refractivity contribution is 5.88. The van der Waals surface area contributed by atoms with E-state index in [0.29, 0.717) is 19.6 Å². The average molecular weight is 428 g/mol. The number of ether oxygens (including phenoxy) is 1. The van der Waals surface area contributed by atoms with E-state index in [1.807, 2.05) is 4.90 Å². The normalized spacial score (nSPS) is 22.3. The van der Waals surface area contributed by atoms with E-state index in [2.05, 4.69) is 36.9 Å². The largest absolute Gasteiger partial charge is 0.455 e. The summed E-state index contributed by atoms with van der Waals surface area (Å²) in [6.07, 6.45) is 4.56. The Balaban J connectivity index is 1.23. The Kier molecular flexibility index (Phi) is 6.49. The highest BCUT2D eigenvalue weighted by Gasteiger charge is 2.39. The SMILES string of the molecule is Cc1cccc(N2CCN(C(=O)COC(=O)[C@@H]3CC(=O)N(C4CCCC4)C3)CC2)c1C. The molecule has 0 unspecified atom stereocenters. The molecule has 0 spiro atoms. The molecule has 7 heteroatoms. The lowest BCUT2D eigenvalue weighted by atomic mass is 10.1. The second kappa shape index (κ2) is 9.28. The van der Waals surface area contributed by atoms with Crippen LogP contribution in [-0.4, -0.2) is 73.0 Å². The summed E-state index contributed by atoms with van der Waals surface area (Å²) in [7, 11) is 0. The molecule has 3 fully saturated rings. The third-order valence-corrected chi connectivity index (χ3v) is 7.14. The van der Waals surface area contributed by atoms with Gasteiger partial charge in [-0.2, -0.15) is 0 Å². The van der Waals surface area contributed by atoms with Crippen LogP contribution in [0.25, 0.3) is 0 Å². The molecule has 7 nitrogen and oxygen atoms in total. The number of piperazine rings is 1. The quantitative estimate of drug-likeness (QED) is 0.675. The predicted octanol–water partition coefficient (Wildman–Crippen LogP) is 2.29. The van der Waals surface area contributed by atoms with Crippen LogP contribution in [0.3, 0.4) is 0 Å². The lowest BCUT2D eigenvalue weighted by Crippen LogP contribution is -2.50. The van der Waals surface area contributed by atoms with Crippen LogP contribution >= 0.6 is 0 Å². The zero-order valence-corrected chi connectivity index (χ0v) is 18.6. The summed E-state index contributed by atoms with van der Waals surface area (Å²) in [6.45, 7) is 7.18. The van der Waals surface area contributed by atoms with E-state index in [9.17, 15) is 14.4 Å². The van der Waals surface area contributed by atoms with Gasteiger partial charge in [0.1, 0.15) is 0 Å². The van der Waals surface area contributed by atoms with Crippen molar-refractivity contribution in [2.75, 3.05) is 44.2 Å². The highest BCUT2D eigenvalue weighted by atomic mass is 16.5. The first-order valence-electron chi connectivity index (χ1n) is 11.5. The number of likely N-dealkylation sites (tertiary alicyclic amines) is 1. The standard InChI is InChI=1S/C24H33N3O4/c1-17-6-5-9-21(18(17)2)25-10-12-26(13-11-25)23(29)16-31-24(30)19-14-22(28)27(15-19)20-7-3-4-8-20/h5-6,9,19-20H,3-4,7-8,10-16H2,1-2H3/t19-/m1/s1. The Morgan fingerprint density at radius 1 is 1.06 bits per heavy atom. The van der Waals surface area contributed by atoms with E-state index in [1.54, 1.807) is 4.90 Å². The molecular formula is C24H33N3O4. The van der Waals surface area contributed by atoms with Crippen molar-refractivity contribution < 1.29 is 19.1 Å². The van der Waals surface area contributed by atoms with Crippen LogP contribution in [0.15, 0.2) is 18.2 Å². The summed E-state index contributed by atoms with van der Waals surface area (Å²) in [5.41, 5.74) is 3.75. The molecule has 1 aliphatic carbocycles. The number of anilines is 1. The first kappa shape index (κ1) is 21.7. The van der Waals surface area contributed by atoms with Gasteiger partial charge in [-0.25, -0.2) is 0 Å². The van der Waals surface area contributed by atoms with Gasteiger partial charge < -0.3 is 19.4 Å². The monoisotopic (exact) mass is 427 g/mol. The Bertz CT molecular complexity index is 841.